The first kappa shape index (κ1) is 11.7. The molecule has 0 aliphatic carbocycles. The van der Waals surface area contributed by atoms with Gasteiger partial charge in [0, 0.05) is 25.1 Å². The van der Waals surface area contributed by atoms with E-state index in [2.05, 4.69) is 15.3 Å². The average Bonchev–Trinajstić information content (AvgIpc) is 2.39. The van der Waals surface area contributed by atoms with Crippen molar-refractivity contribution in [2.24, 2.45) is 0 Å². The standard InChI is InChI=1S/C12H13N3OS/c1-13-11-10(9-6-4-3-5-7-9)8-14-12(15-11)17(2)16/h3-8H,1-2H3,(H,13,14,15). The van der Waals surface area contributed by atoms with E-state index in [1.807, 2.05) is 30.3 Å². The Bertz CT molecular complexity index is 543. The first-order valence-corrected chi connectivity index (χ1v) is 6.72. The highest BCUT2D eigenvalue weighted by atomic mass is 32.2. The monoisotopic (exact) mass is 247 g/mol. The maximum atomic E-state index is 11.3. The molecule has 1 aromatic heterocycles. The Balaban J connectivity index is 2.52. The zero-order valence-corrected chi connectivity index (χ0v) is 10.5. The zero-order chi connectivity index (χ0) is 12.3. The summed E-state index contributed by atoms with van der Waals surface area (Å²) >= 11 is 0. The van der Waals surface area contributed by atoms with Crippen LogP contribution in [0.1, 0.15) is 0 Å². The van der Waals surface area contributed by atoms with E-state index in [0.29, 0.717) is 11.0 Å². The molecular weight excluding hydrogens is 234 g/mol. The maximum Gasteiger partial charge on any atom is 0.220 e. The van der Waals surface area contributed by atoms with E-state index >= 15 is 0 Å². The van der Waals surface area contributed by atoms with Crippen molar-refractivity contribution in [3.63, 3.8) is 0 Å². The molecule has 1 unspecified atom stereocenters. The van der Waals surface area contributed by atoms with Gasteiger partial charge in [0.15, 0.2) is 0 Å². The van der Waals surface area contributed by atoms with Crippen molar-refractivity contribution in [1.29, 1.82) is 0 Å². The summed E-state index contributed by atoms with van der Waals surface area (Å²) in [5.41, 5.74) is 1.94. The Labute approximate surface area is 103 Å². The first-order chi connectivity index (χ1) is 8.22. The molecule has 17 heavy (non-hydrogen) atoms. The lowest BCUT2D eigenvalue weighted by molar-refractivity contribution is 0.680. The minimum Gasteiger partial charge on any atom is -0.372 e. The predicted molar refractivity (Wildman–Crippen MR) is 69.3 cm³/mol. The van der Waals surface area contributed by atoms with Crippen LogP contribution in [0.3, 0.4) is 0 Å². The third-order valence-electron chi connectivity index (χ3n) is 2.35. The number of hydrogen-bond acceptors (Lipinski definition) is 4. The lowest BCUT2D eigenvalue weighted by Gasteiger charge is -2.08. The first-order valence-electron chi connectivity index (χ1n) is 5.16. The molecule has 0 spiro atoms. The summed E-state index contributed by atoms with van der Waals surface area (Å²) in [6, 6.07) is 9.85. The van der Waals surface area contributed by atoms with Crippen LogP contribution < -0.4 is 5.32 Å². The van der Waals surface area contributed by atoms with Crippen LogP contribution in [0.25, 0.3) is 11.1 Å². The number of rotatable bonds is 3. The van der Waals surface area contributed by atoms with E-state index in [0.717, 1.165) is 11.1 Å². The molecule has 0 aliphatic rings. The second kappa shape index (κ2) is 5.05. The smallest absolute Gasteiger partial charge is 0.220 e. The van der Waals surface area contributed by atoms with Gasteiger partial charge in [-0.05, 0) is 5.56 Å². The minimum atomic E-state index is -1.17. The molecule has 88 valence electrons. The fourth-order valence-corrected chi connectivity index (χ4v) is 1.94. The third-order valence-corrected chi connectivity index (χ3v) is 3.06. The molecule has 0 saturated heterocycles. The Morgan fingerprint density at radius 2 is 1.94 bits per heavy atom. The molecule has 0 amide bonds. The number of anilines is 1. The summed E-state index contributed by atoms with van der Waals surface area (Å²) in [6.45, 7) is 0. The molecule has 0 radical (unpaired) electrons. The second-order valence-electron chi connectivity index (χ2n) is 3.49. The van der Waals surface area contributed by atoms with Gasteiger partial charge in [-0.3, -0.25) is 4.21 Å². The molecule has 4 nitrogen and oxygen atoms in total. The number of nitrogens with zero attached hydrogens (tertiary/aromatic N) is 2. The van der Waals surface area contributed by atoms with Crippen LogP contribution in [0.5, 0.6) is 0 Å². The van der Waals surface area contributed by atoms with Crippen molar-refractivity contribution in [1.82, 2.24) is 9.97 Å². The van der Waals surface area contributed by atoms with E-state index in [-0.39, 0.29) is 0 Å². The van der Waals surface area contributed by atoms with Crippen molar-refractivity contribution >= 4 is 16.6 Å². The van der Waals surface area contributed by atoms with Gasteiger partial charge in [-0.2, -0.15) is 0 Å². The van der Waals surface area contributed by atoms with E-state index in [9.17, 15) is 4.21 Å². The van der Waals surface area contributed by atoms with Crippen molar-refractivity contribution in [2.45, 2.75) is 5.16 Å². The van der Waals surface area contributed by atoms with Crippen molar-refractivity contribution in [3.05, 3.63) is 36.5 Å². The fourth-order valence-electron chi connectivity index (χ4n) is 1.52. The Hall–Kier alpha value is -1.75. The van der Waals surface area contributed by atoms with Crippen LogP contribution in [0.15, 0.2) is 41.7 Å². The van der Waals surface area contributed by atoms with Gasteiger partial charge in [0.2, 0.25) is 5.16 Å². The van der Waals surface area contributed by atoms with Gasteiger partial charge in [0.1, 0.15) is 5.82 Å². The fraction of sp³-hybridized carbons (Fsp3) is 0.167. The summed E-state index contributed by atoms with van der Waals surface area (Å²) in [5.74, 6) is 0.691. The van der Waals surface area contributed by atoms with Crippen LogP contribution >= 0.6 is 0 Å². The molecule has 1 aromatic carbocycles. The largest absolute Gasteiger partial charge is 0.372 e. The van der Waals surface area contributed by atoms with Gasteiger partial charge in [-0.25, -0.2) is 9.97 Å². The molecule has 1 N–H and O–H groups in total. The molecule has 0 fully saturated rings. The molecule has 5 heteroatoms. The molecule has 0 saturated carbocycles. The van der Waals surface area contributed by atoms with Crippen LogP contribution in [-0.2, 0) is 10.8 Å². The number of hydrogen-bond donors (Lipinski definition) is 1. The molecule has 0 aliphatic heterocycles. The lowest BCUT2D eigenvalue weighted by Crippen LogP contribution is -2.03. The molecule has 1 atom stereocenters. The molecule has 0 bridgehead atoms. The number of nitrogens with one attached hydrogen (secondary N) is 1. The predicted octanol–water partition coefficient (Wildman–Crippen LogP) is 1.92. The summed E-state index contributed by atoms with van der Waals surface area (Å²) in [6.07, 6.45) is 3.27. The van der Waals surface area contributed by atoms with Gasteiger partial charge >= 0.3 is 0 Å². The highest BCUT2D eigenvalue weighted by Crippen LogP contribution is 2.25. The molecule has 1 heterocycles. The summed E-state index contributed by atoms with van der Waals surface area (Å²) in [7, 11) is 0.621. The molecule has 2 rings (SSSR count). The maximum absolute atomic E-state index is 11.3. The number of benzene rings is 1. The van der Waals surface area contributed by atoms with E-state index in [4.69, 9.17) is 0 Å². The van der Waals surface area contributed by atoms with E-state index in [1.54, 1.807) is 19.5 Å². The van der Waals surface area contributed by atoms with E-state index in [1.165, 1.54) is 0 Å². The van der Waals surface area contributed by atoms with Crippen molar-refractivity contribution in [3.8, 4) is 11.1 Å². The van der Waals surface area contributed by atoms with E-state index < -0.39 is 10.8 Å². The second-order valence-corrected chi connectivity index (χ2v) is 4.76. The topological polar surface area (TPSA) is 54.9 Å². The van der Waals surface area contributed by atoms with Crippen LogP contribution in [0.4, 0.5) is 5.82 Å². The quantitative estimate of drug-likeness (QED) is 0.842. The minimum absolute atomic E-state index is 0.342. The molecule has 2 aromatic rings. The average molecular weight is 247 g/mol. The Kier molecular flexibility index (Phi) is 3.49. The van der Waals surface area contributed by atoms with Crippen LogP contribution in [-0.4, -0.2) is 27.5 Å². The van der Waals surface area contributed by atoms with Crippen LogP contribution in [0, 0.1) is 0 Å². The highest BCUT2D eigenvalue weighted by Gasteiger charge is 2.09. The Morgan fingerprint density at radius 3 is 2.53 bits per heavy atom. The molecular formula is C12H13N3OS. The lowest BCUT2D eigenvalue weighted by atomic mass is 10.1. The van der Waals surface area contributed by atoms with Crippen molar-refractivity contribution < 1.29 is 4.21 Å². The van der Waals surface area contributed by atoms with Gasteiger partial charge < -0.3 is 5.32 Å². The number of aromatic nitrogens is 2. The Morgan fingerprint density at radius 1 is 1.24 bits per heavy atom. The third kappa shape index (κ3) is 2.50. The summed E-state index contributed by atoms with van der Waals surface area (Å²) in [4.78, 5) is 8.36. The normalized spacial score (nSPS) is 12.1. The van der Waals surface area contributed by atoms with Gasteiger partial charge in [-0.15, -0.1) is 0 Å². The highest BCUT2D eigenvalue weighted by molar-refractivity contribution is 7.84. The van der Waals surface area contributed by atoms with Crippen LogP contribution in [0.2, 0.25) is 0 Å². The van der Waals surface area contributed by atoms with Crippen molar-refractivity contribution in [2.75, 3.05) is 18.6 Å². The van der Waals surface area contributed by atoms with Gasteiger partial charge in [-0.1, -0.05) is 30.3 Å². The van der Waals surface area contributed by atoms with Gasteiger partial charge in [0.25, 0.3) is 0 Å². The zero-order valence-electron chi connectivity index (χ0n) is 9.68. The SMILES string of the molecule is CNc1nc(S(C)=O)ncc1-c1ccccc1. The summed E-state index contributed by atoms with van der Waals surface area (Å²) < 4.78 is 11.3. The summed E-state index contributed by atoms with van der Waals surface area (Å²) in [5, 5.41) is 3.35. The van der Waals surface area contributed by atoms with Gasteiger partial charge in [0.05, 0.1) is 10.8 Å².